The molecule has 37 heavy (non-hydrogen) atoms. The van der Waals surface area contributed by atoms with Gasteiger partial charge in [0.1, 0.15) is 29.8 Å². The number of nitrogens with one attached hydrogen (secondary N) is 1. The summed E-state index contributed by atoms with van der Waals surface area (Å²) in [5.41, 5.74) is 0.107. The highest BCUT2D eigenvalue weighted by molar-refractivity contribution is 7.92. The molecule has 0 spiro atoms. The van der Waals surface area contributed by atoms with Crippen LogP contribution in [0.5, 0.6) is 11.5 Å². The van der Waals surface area contributed by atoms with Crippen molar-refractivity contribution in [3.63, 3.8) is 0 Å². The lowest BCUT2D eigenvalue weighted by molar-refractivity contribution is -0.384. The number of ether oxygens (including phenoxy) is 2. The van der Waals surface area contributed by atoms with Crippen LogP contribution in [0.15, 0.2) is 42.5 Å². The molecule has 202 valence electrons. The molecule has 2 aromatic rings. The molecule has 2 rings (SSSR count). The van der Waals surface area contributed by atoms with Gasteiger partial charge in [-0.2, -0.15) is 0 Å². The van der Waals surface area contributed by atoms with E-state index in [0.29, 0.717) is 24.3 Å². The Kier molecular flexibility index (Phi) is 10.2. The van der Waals surface area contributed by atoms with E-state index in [-0.39, 0.29) is 23.7 Å². The van der Waals surface area contributed by atoms with Crippen molar-refractivity contribution in [3.05, 3.63) is 58.1 Å². The van der Waals surface area contributed by atoms with Crippen LogP contribution < -0.4 is 19.1 Å². The second-order valence-corrected chi connectivity index (χ2v) is 10.1. The van der Waals surface area contributed by atoms with Crippen LogP contribution in [0.1, 0.15) is 25.8 Å². The highest BCUT2D eigenvalue weighted by Crippen LogP contribution is 2.34. The van der Waals surface area contributed by atoms with E-state index in [2.05, 4.69) is 5.32 Å². The number of amides is 2. The van der Waals surface area contributed by atoms with Crippen molar-refractivity contribution in [1.29, 1.82) is 0 Å². The Morgan fingerprint density at radius 2 is 1.84 bits per heavy atom. The largest absolute Gasteiger partial charge is 0.497 e. The predicted octanol–water partition coefficient (Wildman–Crippen LogP) is 2.32. The molecule has 0 radical (unpaired) electrons. The van der Waals surface area contributed by atoms with Crippen molar-refractivity contribution in [2.45, 2.75) is 32.9 Å². The van der Waals surface area contributed by atoms with Crippen molar-refractivity contribution in [2.24, 2.45) is 0 Å². The average Bonchev–Trinajstić information content (AvgIpc) is 2.87. The molecule has 0 bridgehead atoms. The van der Waals surface area contributed by atoms with Crippen LogP contribution in [0.2, 0.25) is 0 Å². The van der Waals surface area contributed by atoms with Gasteiger partial charge < -0.3 is 19.7 Å². The van der Waals surface area contributed by atoms with Gasteiger partial charge >= 0.3 is 0 Å². The quantitative estimate of drug-likeness (QED) is 0.303. The van der Waals surface area contributed by atoms with Gasteiger partial charge in [0.25, 0.3) is 5.69 Å². The maximum absolute atomic E-state index is 13.6. The minimum Gasteiger partial charge on any atom is -0.497 e. The van der Waals surface area contributed by atoms with Gasteiger partial charge in [-0.1, -0.05) is 19.1 Å². The maximum Gasteiger partial charge on any atom is 0.271 e. The number of benzene rings is 2. The normalized spacial score (nSPS) is 11.8. The van der Waals surface area contributed by atoms with Gasteiger partial charge in [-0.15, -0.1) is 0 Å². The molecule has 2 amide bonds. The second-order valence-electron chi connectivity index (χ2n) is 8.22. The molecule has 0 saturated carbocycles. The van der Waals surface area contributed by atoms with E-state index in [1.165, 1.54) is 31.3 Å². The van der Waals surface area contributed by atoms with Gasteiger partial charge in [0.05, 0.1) is 25.4 Å². The topological polar surface area (TPSA) is 148 Å². The number of non-ortho nitro benzene ring substituents is 1. The molecular formula is C24H32N4O8S. The van der Waals surface area contributed by atoms with Gasteiger partial charge in [-0.25, -0.2) is 8.42 Å². The minimum absolute atomic E-state index is 0.0135. The van der Waals surface area contributed by atoms with Gasteiger partial charge in [-0.3, -0.25) is 24.0 Å². The summed E-state index contributed by atoms with van der Waals surface area (Å²) >= 11 is 0. The number of anilines is 1. The van der Waals surface area contributed by atoms with E-state index in [0.717, 1.165) is 16.6 Å². The number of carbonyl (C=O) groups excluding carboxylic acids is 2. The molecule has 0 aromatic heterocycles. The number of hydrogen-bond donors (Lipinski definition) is 1. The smallest absolute Gasteiger partial charge is 0.271 e. The first-order valence-corrected chi connectivity index (χ1v) is 13.3. The summed E-state index contributed by atoms with van der Waals surface area (Å²) in [5.74, 6) is -0.526. The molecule has 1 unspecified atom stereocenters. The summed E-state index contributed by atoms with van der Waals surface area (Å²) in [6.07, 6.45) is 1.57. The molecule has 1 N–H and O–H groups in total. The minimum atomic E-state index is -4.10. The van der Waals surface area contributed by atoms with Crippen LogP contribution in [0.25, 0.3) is 0 Å². The van der Waals surface area contributed by atoms with Crippen LogP contribution >= 0.6 is 0 Å². The predicted molar refractivity (Wildman–Crippen MR) is 138 cm³/mol. The van der Waals surface area contributed by atoms with E-state index < -0.39 is 39.3 Å². The molecule has 0 heterocycles. The van der Waals surface area contributed by atoms with Crippen LogP contribution in [0.3, 0.4) is 0 Å². The second kappa shape index (κ2) is 12.9. The van der Waals surface area contributed by atoms with Crippen molar-refractivity contribution in [3.8, 4) is 11.5 Å². The summed E-state index contributed by atoms with van der Waals surface area (Å²) < 4.78 is 36.7. The summed E-state index contributed by atoms with van der Waals surface area (Å²) in [6, 6.07) is 9.41. The fourth-order valence-electron chi connectivity index (χ4n) is 3.53. The number of methoxy groups -OCH3 is 2. The Balaban J connectivity index is 2.51. The SMILES string of the molecule is CCCNC(=O)C(C)N(Cc1cccc(OC)c1)C(=O)CN(c1cc([N+](=O)[O-])ccc1OC)S(C)(=O)=O. The highest BCUT2D eigenvalue weighted by atomic mass is 32.2. The summed E-state index contributed by atoms with van der Waals surface area (Å²) in [5, 5.41) is 14.1. The average molecular weight is 537 g/mol. The summed E-state index contributed by atoms with van der Waals surface area (Å²) in [7, 11) is -1.32. The maximum atomic E-state index is 13.6. The summed E-state index contributed by atoms with van der Waals surface area (Å²) in [6.45, 7) is 3.11. The first-order valence-electron chi connectivity index (χ1n) is 11.4. The Morgan fingerprint density at radius 3 is 2.41 bits per heavy atom. The fraction of sp³-hybridized carbons (Fsp3) is 0.417. The first kappa shape index (κ1) is 29.4. The van der Waals surface area contributed by atoms with E-state index in [1.54, 1.807) is 31.2 Å². The number of hydrogen-bond acceptors (Lipinski definition) is 8. The number of nitro benzene ring substituents is 1. The zero-order valence-corrected chi connectivity index (χ0v) is 22.3. The Bertz CT molecular complexity index is 1240. The molecule has 0 saturated heterocycles. The van der Waals surface area contributed by atoms with Crippen LogP contribution in [0, 0.1) is 10.1 Å². The van der Waals surface area contributed by atoms with Crippen LogP contribution in [-0.4, -0.2) is 69.7 Å². The Hall–Kier alpha value is -3.87. The summed E-state index contributed by atoms with van der Waals surface area (Å²) in [4.78, 5) is 38.3. The molecular weight excluding hydrogens is 504 g/mol. The molecule has 2 aromatic carbocycles. The number of nitrogens with zero attached hydrogens (tertiary/aromatic N) is 3. The van der Waals surface area contributed by atoms with E-state index >= 15 is 0 Å². The number of carbonyl (C=O) groups is 2. The standard InChI is InChI=1S/C24H32N4O8S/c1-6-12-25-24(30)17(2)26(15-18-8-7-9-20(13-18)35-3)23(29)16-27(37(5,33)34)21-14-19(28(31)32)10-11-22(21)36-4/h7-11,13-14,17H,6,12,15-16H2,1-5H3,(H,25,30). The molecule has 13 heteroatoms. The highest BCUT2D eigenvalue weighted by Gasteiger charge is 2.32. The lowest BCUT2D eigenvalue weighted by atomic mass is 10.1. The number of rotatable bonds is 13. The van der Waals surface area contributed by atoms with E-state index in [4.69, 9.17) is 9.47 Å². The van der Waals surface area contributed by atoms with Crippen molar-refractivity contribution in [2.75, 3.05) is 37.9 Å². The van der Waals surface area contributed by atoms with Crippen LogP contribution in [-0.2, 0) is 26.2 Å². The third kappa shape index (κ3) is 7.81. The van der Waals surface area contributed by atoms with E-state index in [1.807, 2.05) is 6.92 Å². The lowest BCUT2D eigenvalue weighted by Crippen LogP contribution is -2.51. The number of nitro groups is 1. The van der Waals surface area contributed by atoms with Gasteiger partial charge in [0.15, 0.2) is 0 Å². The Morgan fingerprint density at radius 1 is 1.14 bits per heavy atom. The molecule has 0 aliphatic carbocycles. The van der Waals surface area contributed by atoms with Crippen molar-refractivity contribution in [1.82, 2.24) is 10.2 Å². The van der Waals surface area contributed by atoms with Crippen LogP contribution in [0.4, 0.5) is 11.4 Å². The molecule has 1 atom stereocenters. The lowest BCUT2D eigenvalue weighted by Gasteiger charge is -2.31. The van der Waals surface area contributed by atoms with Gasteiger partial charge in [0.2, 0.25) is 21.8 Å². The zero-order valence-electron chi connectivity index (χ0n) is 21.5. The fourth-order valence-corrected chi connectivity index (χ4v) is 4.37. The molecule has 12 nitrogen and oxygen atoms in total. The first-order chi connectivity index (χ1) is 17.4. The third-order valence-electron chi connectivity index (χ3n) is 5.52. The number of sulfonamides is 1. The Labute approximate surface area is 216 Å². The zero-order chi connectivity index (χ0) is 27.8. The van der Waals surface area contributed by atoms with Crippen molar-refractivity contribution < 1.29 is 32.4 Å². The van der Waals surface area contributed by atoms with Crippen molar-refractivity contribution >= 4 is 33.2 Å². The van der Waals surface area contributed by atoms with Gasteiger partial charge in [0, 0.05) is 25.2 Å². The molecule has 0 fully saturated rings. The monoisotopic (exact) mass is 536 g/mol. The molecule has 0 aliphatic heterocycles. The van der Waals surface area contributed by atoms with Gasteiger partial charge in [-0.05, 0) is 37.1 Å². The molecule has 0 aliphatic rings. The third-order valence-corrected chi connectivity index (χ3v) is 6.65. The van der Waals surface area contributed by atoms with E-state index in [9.17, 15) is 28.1 Å².